The van der Waals surface area contributed by atoms with Crippen molar-refractivity contribution in [1.82, 2.24) is 4.98 Å². The molecule has 0 bridgehead atoms. The predicted molar refractivity (Wildman–Crippen MR) is 86.7 cm³/mol. The Balaban J connectivity index is 1.96. The molecule has 6 heteroatoms. The highest BCUT2D eigenvalue weighted by Gasteiger charge is 2.33. The number of fused-ring (bicyclic) bond motifs is 1. The molecule has 0 radical (unpaired) electrons. The van der Waals surface area contributed by atoms with E-state index in [1.165, 1.54) is 13.3 Å². The van der Waals surface area contributed by atoms with Crippen LogP contribution in [0.2, 0.25) is 5.02 Å². The standard InChI is InChI=1S/C17H15ClN2O3/c1-23-17(22)13-8-9-20(15-5-3-2-4-12(13)15)16(21)14-7-6-11(18)10-19-14/h2-7,10,13H,8-9H2,1H3. The molecule has 0 saturated heterocycles. The summed E-state index contributed by atoms with van der Waals surface area (Å²) in [5.74, 6) is -0.843. The second-order valence-corrected chi connectivity index (χ2v) is 5.68. The first-order valence-corrected chi connectivity index (χ1v) is 7.60. The number of nitrogens with zero attached hydrogens (tertiary/aromatic N) is 2. The van der Waals surface area contributed by atoms with Crippen molar-refractivity contribution in [1.29, 1.82) is 0 Å². The van der Waals surface area contributed by atoms with Gasteiger partial charge in [0.05, 0.1) is 18.1 Å². The number of aromatic nitrogens is 1. The number of rotatable bonds is 2. The largest absolute Gasteiger partial charge is 0.469 e. The van der Waals surface area contributed by atoms with E-state index in [2.05, 4.69) is 4.98 Å². The Hall–Kier alpha value is -2.40. The number of carbonyl (C=O) groups is 2. The van der Waals surface area contributed by atoms with Crippen LogP contribution < -0.4 is 4.90 Å². The highest BCUT2D eigenvalue weighted by Crippen LogP contribution is 2.36. The summed E-state index contributed by atoms with van der Waals surface area (Å²) in [6.07, 6.45) is 1.96. The first-order chi connectivity index (χ1) is 11.1. The van der Waals surface area contributed by atoms with E-state index >= 15 is 0 Å². The van der Waals surface area contributed by atoms with Gasteiger partial charge < -0.3 is 9.64 Å². The topological polar surface area (TPSA) is 59.5 Å². The van der Waals surface area contributed by atoms with Crippen molar-refractivity contribution >= 4 is 29.2 Å². The van der Waals surface area contributed by atoms with Gasteiger partial charge in [0.15, 0.2) is 0 Å². The maximum absolute atomic E-state index is 12.7. The lowest BCUT2D eigenvalue weighted by Gasteiger charge is -2.33. The molecular weight excluding hydrogens is 316 g/mol. The van der Waals surface area contributed by atoms with Crippen LogP contribution in [0.1, 0.15) is 28.4 Å². The molecule has 0 saturated carbocycles. The Labute approximate surface area is 138 Å². The smallest absolute Gasteiger partial charge is 0.313 e. The quantitative estimate of drug-likeness (QED) is 0.794. The van der Waals surface area contributed by atoms with Gasteiger partial charge in [0, 0.05) is 18.4 Å². The summed E-state index contributed by atoms with van der Waals surface area (Å²) >= 11 is 5.81. The van der Waals surface area contributed by atoms with Crippen LogP contribution >= 0.6 is 11.6 Å². The van der Waals surface area contributed by atoms with Crippen molar-refractivity contribution in [3.63, 3.8) is 0 Å². The number of anilines is 1. The van der Waals surface area contributed by atoms with Crippen LogP contribution in [0.5, 0.6) is 0 Å². The van der Waals surface area contributed by atoms with E-state index in [0.29, 0.717) is 23.7 Å². The summed E-state index contributed by atoms with van der Waals surface area (Å²) < 4.78 is 4.87. The zero-order valence-electron chi connectivity index (χ0n) is 12.5. The third-order valence-electron chi connectivity index (χ3n) is 3.92. The molecule has 1 aromatic heterocycles. The number of amides is 1. The van der Waals surface area contributed by atoms with Gasteiger partial charge in [-0.1, -0.05) is 29.8 Å². The molecule has 1 aromatic carbocycles. The highest BCUT2D eigenvalue weighted by molar-refractivity contribution is 6.30. The number of pyridine rings is 1. The Morgan fingerprint density at radius 3 is 2.74 bits per heavy atom. The first kappa shape index (κ1) is 15.5. The molecule has 1 amide bonds. The lowest BCUT2D eigenvalue weighted by atomic mass is 9.89. The minimum absolute atomic E-state index is 0.211. The number of esters is 1. The number of ether oxygens (including phenoxy) is 1. The Morgan fingerprint density at radius 1 is 1.26 bits per heavy atom. The number of halogens is 1. The number of methoxy groups -OCH3 is 1. The van der Waals surface area contributed by atoms with Gasteiger partial charge in [0.2, 0.25) is 0 Å². The minimum atomic E-state index is -0.349. The maximum atomic E-state index is 12.7. The first-order valence-electron chi connectivity index (χ1n) is 7.22. The summed E-state index contributed by atoms with van der Waals surface area (Å²) in [6.45, 7) is 0.430. The lowest BCUT2D eigenvalue weighted by Crippen LogP contribution is -2.38. The van der Waals surface area contributed by atoms with E-state index in [1.54, 1.807) is 17.0 Å². The van der Waals surface area contributed by atoms with Crippen LogP contribution in [0.3, 0.4) is 0 Å². The molecule has 0 aliphatic carbocycles. The molecule has 1 aliphatic rings. The summed E-state index contributed by atoms with van der Waals surface area (Å²) in [5.41, 5.74) is 1.84. The molecule has 118 valence electrons. The van der Waals surface area contributed by atoms with Gasteiger partial charge in [-0.25, -0.2) is 4.98 Å². The zero-order valence-corrected chi connectivity index (χ0v) is 13.3. The molecule has 2 aromatic rings. The molecule has 0 N–H and O–H groups in total. The van der Waals surface area contributed by atoms with Crippen LogP contribution in [0.4, 0.5) is 5.69 Å². The van der Waals surface area contributed by atoms with Crippen LogP contribution in [0.15, 0.2) is 42.6 Å². The Kier molecular flexibility index (Phi) is 4.30. The number of hydrogen-bond acceptors (Lipinski definition) is 4. The van der Waals surface area contributed by atoms with E-state index in [-0.39, 0.29) is 17.8 Å². The fourth-order valence-electron chi connectivity index (χ4n) is 2.80. The number of para-hydroxylation sites is 1. The van der Waals surface area contributed by atoms with E-state index < -0.39 is 0 Å². The fraction of sp³-hybridized carbons (Fsp3) is 0.235. The summed E-state index contributed by atoms with van der Waals surface area (Å²) in [4.78, 5) is 30.4. The molecule has 23 heavy (non-hydrogen) atoms. The average Bonchev–Trinajstić information content (AvgIpc) is 2.60. The van der Waals surface area contributed by atoms with Crippen molar-refractivity contribution in [2.75, 3.05) is 18.6 Å². The van der Waals surface area contributed by atoms with E-state index in [0.717, 1.165) is 11.3 Å². The van der Waals surface area contributed by atoms with E-state index in [1.807, 2.05) is 24.3 Å². The van der Waals surface area contributed by atoms with Gasteiger partial charge in [-0.3, -0.25) is 9.59 Å². The Bertz CT molecular complexity index is 746. The third kappa shape index (κ3) is 2.92. The van der Waals surface area contributed by atoms with Gasteiger partial charge in [-0.15, -0.1) is 0 Å². The molecular formula is C17H15ClN2O3. The lowest BCUT2D eigenvalue weighted by molar-refractivity contribution is -0.142. The van der Waals surface area contributed by atoms with Gasteiger partial charge in [0.25, 0.3) is 5.91 Å². The number of hydrogen-bond donors (Lipinski definition) is 0. The zero-order chi connectivity index (χ0) is 16.4. The van der Waals surface area contributed by atoms with Gasteiger partial charge in [-0.2, -0.15) is 0 Å². The van der Waals surface area contributed by atoms with Crippen molar-refractivity contribution in [3.05, 3.63) is 58.9 Å². The second-order valence-electron chi connectivity index (χ2n) is 5.24. The normalized spacial score (nSPS) is 16.6. The molecule has 1 unspecified atom stereocenters. The SMILES string of the molecule is COC(=O)C1CCN(C(=O)c2ccc(Cl)cn2)c2ccccc21. The van der Waals surface area contributed by atoms with E-state index in [4.69, 9.17) is 16.3 Å². The molecule has 3 rings (SSSR count). The monoisotopic (exact) mass is 330 g/mol. The number of carbonyl (C=O) groups excluding carboxylic acids is 2. The molecule has 5 nitrogen and oxygen atoms in total. The van der Waals surface area contributed by atoms with Crippen LogP contribution in [0.25, 0.3) is 0 Å². The van der Waals surface area contributed by atoms with Gasteiger partial charge in [-0.05, 0) is 30.2 Å². The molecule has 1 aliphatic heterocycles. The van der Waals surface area contributed by atoms with Crippen LogP contribution in [0, 0.1) is 0 Å². The van der Waals surface area contributed by atoms with Crippen molar-refractivity contribution in [3.8, 4) is 0 Å². The summed E-state index contributed by atoms with van der Waals surface area (Å²) in [5, 5.41) is 0.478. The van der Waals surface area contributed by atoms with Crippen LogP contribution in [-0.2, 0) is 9.53 Å². The minimum Gasteiger partial charge on any atom is -0.469 e. The van der Waals surface area contributed by atoms with Crippen LogP contribution in [-0.4, -0.2) is 30.5 Å². The second kappa shape index (κ2) is 6.38. The fourth-order valence-corrected chi connectivity index (χ4v) is 2.91. The van der Waals surface area contributed by atoms with Crippen molar-refractivity contribution < 1.29 is 14.3 Å². The number of benzene rings is 1. The van der Waals surface area contributed by atoms with Gasteiger partial charge >= 0.3 is 5.97 Å². The third-order valence-corrected chi connectivity index (χ3v) is 4.15. The average molecular weight is 331 g/mol. The summed E-state index contributed by atoms with van der Waals surface area (Å²) in [7, 11) is 1.38. The summed E-state index contributed by atoms with van der Waals surface area (Å²) in [6, 6.07) is 10.6. The van der Waals surface area contributed by atoms with Crippen molar-refractivity contribution in [2.24, 2.45) is 0 Å². The molecule has 0 spiro atoms. The van der Waals surface area contributed by atoms with Gasteiger partial charge in [0.1, 0.15) is 5.69 Å². The highest BCUT2D eigenvalue weighted by atomic mass is 35.5. The maximum Gasteiger partial charge on any atom is 0.313 e. The molecule has 0 fully saturated rings. The van der Waals surface area contributed by atoms with Crippen molar-refractivity contribution in [2.45, 2.75) is 12.3 Å². The van der Waals surface area contributed by atoms with E-state index in [9.17, 15) is 9.59 Å². The predicted octanol–water partition coefficient (Wildman–Crippen LogP) is 3.04. The molecule has 2 heterocycles. The Morgan fingerprint density at radius 2 is 2.04 bits per heavy atom. The molecule has 1 atom stereocenters.